The molecule has 1 aromatic rings. The molecule has 0 atom stereocenters. The maximum Gasteiger partial charge on any atom is 0.387 e. The Balaban J connectivity index is 2.69. The number of carbonyl (C=O) groups excluding carboxylic acids is 2. The third-order valence-electron chi connectivity index (χ3n) is 1.73. The van der Waals surface area contributed by atoms with Gasteiger partial charge in [0.15, 0.2) is 6.61 Å². The zero-order chi connectivity index (χ0) is 13.5. The number of hydrogen-bond donors (Lipinski definition) is 2. The first-order valence-electron chi connectivity index (χ1n) is 4.75. The van der Waals surface area contributed by atoms with Gasteiger partial charge >= 0.3 is 6.61 Å². The van der Waals surface area contributed by atoms with Crippen molar-refractivity contribution in [2.24, 2.45) is 5.73 Å². The molecule has 0 bridgehead atoms. The highest BCUT2D eigenvalue weighted by atomic mass is 19.3. The van der Waals surface area contributed by atoms with Gasteiger partial charge in [0.1, 0.15) is 5.75 Å². The summed E-state index contributed by atoms with van der Waals surface area (Å²) < 4.78 is 28.3. The normalized spacial score (nSPS) is 10.2. The van der Waals surface area contributed by atoms with Crippen molar-refractivity contribution in [3.8, 4) is 5.75 Å². The molecular weight excluding hydrogens is 250 g/mol. The number of rotatable bonds is 6. The number of ether oxygens (including phenoxy) is 1. The lowest BCUT2D eigenvalue weighted by Crippen LogP contribution is -2.29. The first kappa shape index (κ1) is 13.8. The van der Waals surface area contributed by atoms with E-state index in [4.69, 9.17) is 5.73 Å². The van der Waals surface area contributed by atoms with E-state index in [0.29, 0.717) is 0 Å². The highest BCUT2D eigenvalue weighted by Gasteiger charge is 2.15. The number of nitrogens with two attached hydrogens (primary N) is 1. The number of hydroxylamine groups is 1. The first-order valence-corrected chi connectivity index (χ1v) is 4.75. The summed E-state index contributed by atoms with van der Waals surface area (Å²) in [6.07, 6.45) is 0. The van der Waals surface area contributed by atoms with E-state index >= 15 is 0 Å². The quantitative estimate of drug-likeness (QED) is 0.726. The lowest BCUT2D eigenvalue weighted by Gasteiger charge is -2.10. The Morgan fingerprint density at radius 2 is 2.00 bits per heavy atom. The Labute approximate surface area is 101 Å². The molecule has 98 valence electrons. The van der Waals surface area contributed by atoms with Crippen LogP contribution in [0, 0.1) is 0 Å². The van der Waals surface area contributed by atoms with Crippen LogP contribution in [0.4, 0.5) is 8.78 Å². The van der Waals surface area contributed by atoms with Crippen LogP contribution in [0.5, 0.6) is 5.75 Å². The van der Waals surface area contributed by atoms with Crippen molar-refractivity contribution < 1.29 is 27.9 Å². The van der Waals surface area contributed by atoms with Gasteiger partial charge in [-0.05, 0) is 12.1 Å². The van der Waals surface area contributed by atoms with Gasteiger partial charge < -0.3 is 10.5 Å². The van der Waals surface area contributed by atoms with Crippen molar-refractivity contribution in [1.82, 2.24) is 5.48 Å². The van der Waals surface area contributed by atoms with Crippen LogP contribution in [0.2, 0.25) is 0 Å². The van der Waals surface area contributed by atoms with Gasteiger partial charge in [-0.15, -0.1) is 0 Å². The summed E-state index contributed by atoms with van der Waals surface area (Å²) in [6.45, 7) is -3.57. The fourth-order valence-corrected chi connectivity index (χ4v) is 1.08. The molecule has 0 spiro atoms. The molecule has 1 aromatic carbocycles. The molecule has 0 aliphatic carbocycles. The van der Waals surface area contributed by atoms with E-state index in [1.165, 1.54) is 24.3 Å². The second-order valence-corrected chi connectivity index (χ2v) is 3.06. The van der Waals surface area contributed by atoms with Crippen LogP contribution in [-0.4, -0.2) is 25.0 Å². The van der Waals surface area contributed by atoms with Gasteiger partial charge in [-0.2, -0.15) is 8.78 Å². The summed E-state index contributed by atoms with van der Waals surface area (Å²) in [6, 6.07) is 5.36. The Kier molecular flexibility index (Phi) is 5.00. The van der Waals surface area contributed by atoms with E-state index in [0.717, 1.165) is 0 Å². The minimum absolute atomic E-state index is 0.151. The van der Waals surface area contributed by atoms with Crippen molar-refractivity contribution in [1.29, 1.82) is 0 Å². The van der Waals surface area contributed by atoms with E-state index in [1.54, 1.807) is 0 Å². The number of para-hydroxylation sites is 1. The van der Waals surface area contributed by atoms with Gasteiger partial charge in [0.05, 0.1) is 5.56 Å². The number of alkyl halides is 2. The summed E-state index contributed by atoms with van der Waals surface area (Å²) in [5, 5.41) is 0. The molecule has 0 aliphatic heterocycles. The fraction of sp³-hybridized carbons (Fsp3) is 0.200. The standard InChI is InChI=1S/C10H10F2N2O4/c11-10(12)18-7-4-2-1-3-6(7)9(16)14-17-5-8(13)15/h1-4,10H,5H2,(H2,13,15)(H,14,16). The molecule has 0 saturated heterocycles. The van der Waals surface area contributed by atoms with Crippen LogP contribution in [-0.2, 0) is 9.63 Å². The van der Waals surface area contributed by atoms with Crippen molar-refractivity contribution >= 4 is 11.8 Å². The minimum atomic E-state index is -3.05. The van der Waals surface area contributed by atoms with Crippen LogP contribution >= 0.6 is 0 Å². The van der Waals surface area contributed by atoms with E-state index in [1.807, 2.05) is 5.48 Å². The highest BCUT2D eigenvalue weighted by molar-refractivity contribution is 5.96. The molecule has 0 heterocycles. The first-order chi connectivity index (χ1) is 8.50. The summed E-state index contributed by atoms with van der Waals surface area (Å²) in [5.41, 5.74) is 6.50. The van der Waals surface area contributed by atoms with E-state index < -0.39 is 25.0 Å². The van der Waals surface area contributed by atoms with E-state index in [9.17, 15) is 18.4 Å². The topological polar surface area (TPSA) is 90.7 Å². The van der Waals surface area contributed by atoms with E-state index in [2.05, 4.69) is 9.57 Å². The van der Waals surface area contributed by atoms with E-state index in [-0.39, 0.29) is 11.3 Å². The summed E-state index contributed by atoms with van der Waals surface area (Å²) in [4.78, 5) is 26.3. The highest BCUT2D eigenvalue weighted by Crippen LogP contribution is 2.19. The fourth-order valence-electron chi connectivity index (χ4n) is 1.08. The number of nitrogens with one attached hydrogen (secondary N) is 1. The largest absolute Gasteiger partial charge is 0.434 e. The molecule has 2 amide bonds. The second kappa shape index (κ2) is 6.50. The van der Waals surface area contributed by atoms with Gasteiger partial charge in [-0.25, -0.2) is 5.48 Å². The molecule has 1 rings (SSSR count). The Morgan fingerprint density at radius 1 is 1.33 bits per heavy atom. The molecule has 0 radical (unpaired) electrons. The average molecular weight is 260 g/mol. The van der Waals surface area contributed by atoms with Crippen LogP contribution in [0.25, 0.3) is 0 Å². The number of hydrogen-bond acceptors (Lipinski definition) is 4. The molecule has 3 N–H and O–H groups in total. The van der Waals surface area contributed by atoms with Crippen molar-refractivity contribution in [2.75, 3.05) is 6.61 Å². The van der Waals surface area contributed by atoms with Crippen molar-refractivity contribution in [3.63, 3.8) is 0 Å². The molecule has 0 unspecified atom stereocenters. The number of benzene rings is 1. The van der Waals surface area contributed by atoms with Crippen molar-refractivity contribution in [3.05, 3.63) is 29.8 Å². The number of halogens is 2. The minimum Gasteiger partial charge on any atom is -0.434 e. The van der Waals surface area contributed by atoms with Crippen molar-refractivity contribution in [2.45, 2.75) is 6.61 Å². The van der Waals surface area contributed by atoms with Crippen LogP contribution in [0.1, 0.15) is 10.4 Å². The molecule has 18 heavy (non-hydrogen) atoms. The average Bonchev–Trinajstić information content (AvgIpc) is 2.28. The number of carbonyl (C=O) groups is 2. The maximum absolute atomic E-state index is 12.1. The lowest BCUT2D eigenvalue weighted by molar-refractivity contribution is -0.124. The summed E-state index contributed by atoms with van der Waals surface area (Å²) >= 11 is 0. The lowest BCUT2D eigenvalue weighted by atomic mass is 10.2. The molecule has 0 aromatic heterocycles. The molecule has 8 heteroatoms. The predicted octanol–water partition coefficient (Wildman–Crippen LogP) is 0.435. The van der Waals surface area contributed by atoms with Gasteiger partial charge in [0.2, 0.25) is 5.91 Å². The zero-order valence-electron chi connectivity index (χ0n) is 9.06. The molecular formula is C10H10F2N2O4. The Hall–Kier alpha value is -2.22. The maximum atomic E-state index is 12.1. The van der Waals surface area contributed by atoms with Crippen LogP contribution in [0.15, 0.2) is 24.3 Å². The Bertz CT molecular complexity index is 440. The molecule has 0 fully saturated rings. The number of primary amides is 1. The van der Waals surface area contributed by atoms with Gasteiger partial charge in [0.25, 0.3) is 5.91 Å². The third kappa shape index (κ3) is 4.34. The van der Waals surface area contributed by atoms with Crippen LogP contribution < -0.4 is 16.0 Å². The zero-order valence-corrected chi connectivity index (χ0v) is 9.06. The Morgan fingerprint density at radius 3 is 2.61 bits per heavy atom. The molecule has 0 aliphatic rings. The van der Waals surface area contributed by atoms with Crippen LogP contribution in [0.3, 0.4) is 0 Å². The van der Waals surface area contributed by atoms with Gasteiger partial charge in [0, 0.05) is 0 Å². The predicted molar refractivity (Wildman–Crippen MR) is 55.7 cm³/mol. The SMILES string of the molecule is NC(=O)CONC(=O)c1ccccc1OC(F)F. The third-order valence-corrected chi connectivity index (χ3v) is 1.73. The summed E-state index contributed by atoms with van der Waals surface area (Å²) in [5.74, 6) is -1.91. The number of amides is 2. The molecule has 6 nitrogen and oxygen atoms in total. The van der Waals surface area contributed by atoms with Gasteiger partial charge in [-0.3, -0.25) is 14.4 Å². The van der Waals surface area contributed by atoms with Gasteiger partial charge in [-0.1, -0.05) is 12.1 Å². The second-order valence-electron chi connectivity index (χ2n) is 3.06. The molecule has 0 saturated carbocycles. The summed E-state index contributed by atoms with van der Waals surface area (Å²) in [7, 11) is 0. The monoisotopic (exact) mass is 260 g/mol. The smallest absolute Gasteiger partial charge is 0.387 e.